The molecule has 0 spiro atoms. The minimum Gasteiger partial charge on any atom is -0.483 e. The first-order valence-electron chi connectivity index (χ1n) is 7.99. The molecule has 28 heavy (non-hydrogen) atoms. The van der Waals surface area contributed by atoms with Crippen LogP contribution in [0.25, 0.3) is 0 Å². The molecule has 3 N–H and O–H groups in total. The molecule has 12 heteroatoms. The highest BCUT2D eigenvalue weighted by Crippen LogP contribution is 2.22. The highest BCUT2D eigenvalue weighted by molar-refractivity contribution is 7.88. The van der Waals surface area contributed by atoms with Crippen molar-refractivity contribution in [1.82, 2.24) is 19.8 Å². The van der Waals surface area contributed by atoms with Crippen LogP contribution in [0.3, 0.4) is 0 Å². The largest absolute Gasteiger partial charge is 0.483 e. The number of sulfonamides is 1. The van der Waals surface area contributed by atoms with Gasteiger partial charge in [0.15, 0.2) is 5.69 Å². The van der Waals surface area contributed by atoms with Gasteiger partial charge >= 0.3 is 0 Å². The van der Waals surface area contributed by atoms with Crippen molar-refractivity contribution in [2.24, 2.45) is 0 Å². The number of nitrogens with one attached hydrogen (secondary N) is 2. The smallest absolute Gasteiger partial charge is 0.290 e. The van der Waals surface area contributed by atoms with Crippen molar-refractivity contribution >= 4 is 34.0 Å². The fraction of sp³-hybridized carbons (Fsp3) is 0.312. The van der Waals surface area contributed by atoms with E-state index < -0.39 is 21.7 Å². The second-order valence-corrected chi connectivity index (χ2v) is 8.25. The Balaban J connectivity index is 0.000000878. The molecule has 3 rings (SSSR count). The van der Waals surface area contributed by atoms with Crippen molar-refractivity contribution in [3.05, 3.63) is 51.6 Å². The summed E-state index contributed by atoms with van der Waals surface area (Å²) in [6.07, 6.45) is 1.52. The van der Waals surface area contributed by atoms with Crippen LogP contribution in [0.2, 0.25) is 5.02 Å². The number of rotatable bonds is 4. The van der Waals surface area contributed by atoms with Crippen molar-refractivity contribution < 1.29 is 27.5 Å². The predicted molar refractivity (Wildman–Crippen MR) is 98.8 cm³/mol. The van der Waals surface area contributed by atoms with E-state index in [2.05, 4.69) is 15.5 Å². The lowest BCUT2D eigenvalue weighted by Crippen LogP contribution is -2.35. The van der Waals surface area contributed by atoms with E-state index in [0.29, 0.717) is 17.7 Å². The number of halogens is 2. The summed E-state index contributed by atoms with van der Waals surface area (Å²) >= 11 is 5.94. The third-order valence-electron chi connectivity index (χ3n) is 4.07. The second-order valence-electron chi connectivity index (χ2n) is 5.86. The molecule has 0 unspecified atom stereocenters. The van der Waals surface area contributed by atoms with Gasteiger partial charge in [0.25, 0.3) is 12.4 Å². The number of benzene rings is 1. The fourth-order valence-corrected chi connectivity index (χ4v) is 3.73. The standard InChI is InChI=1S/C15H16ClFN4O3S.CH2O2/c1-25(23,24)21-6-5-9-13(8-21)19-20-14(9)15(22)18-7-10-11(16)3-2-4-12(10)17;2-1-3/h2-4H,5-8H2,1H3,(H,18,22)(H,19,20);1H,(H,2,3). The highest BCUT2D eigenvalue weighted by atomic mass is 35.5. The van der Waals surface area contributed by atoms with E-state index in [9.17, 15) is 17.6 Å². The monoisotopic (exact) mass is 432 g/mol. The molecule has 0 aliphatic carbocycles. The molecule has 0 saturated carbocycles. The average Bonchev–Trinajstić information content (AvgIpc) is 3.04. The Morgan fingerprint density at radius 2 is 2.18 bits per heavy atom. The topological polar surface area (TPSA) is 132 Å². The normalized spacial score (nSPS) is 13.8. The number of carbonyl (C=O) groups excluding carboxylic acids is 1. The molecule has 2 aromatic rings. The van der Waals surface area contributed by atoms with Gasteiger partial charge in [0, 0.05) is 29.2 Å². The van der Waals surface area contributed by atoms with Crippen molar-refractivity contribution in [1.29, 1.82) is 0 Å². The summed E-state index contributed by atoms with van der Waals surface area (Å²) in [4.78, 5) is 20.7. The Morgan fingerprint density at radius 1 is 1.50 bits per heavy atom. The van der Waals surface area contributed by atoms with Gasteiger partial charge in [-0.05, 0) is 18.6 Å². The Morgan fingerprint density at radius 3 is 2.79 bits per heavy atom. The summed E-state index contributed by atoms with van der Waals surface area (Å²) < 4.78 is 38.3. The van der Waals surface area contributed by atoms with Crippen molar-refractivity contribution in [3.63, 3.8) is 0 Å². The SMILES string of the molecule is CS(=O)(=O)N1CCc2c(C(=O)NCc3c(F)cccc3Cl)n[nH]c2C1.O=CO. The molecular formula is C16H18ClFN4O5S. The molecule has 0 fully saturated rings. The fourth-order valence-electron chi connectivity index (χ4n) is 2.72. The molecule has 0 bridgehead atoms. The maximum atomic E-state index is 13.8. The van der Waals surface area contributed by atoms with Gasteiger partial charge < -0.3 is 10.4 Å². The summed E-state index contributed by atoms with van der Waals surface area (Å²) in [5, 5.41) is 16.4. The maximum absolute atomic E-state index is 13.8. The summed E-state index contributed by atoms with van der Waals surface area (Å²) in [6, 6.07) is 4.30. The minimum absolute atomic E-state index is 0.0680. The van der Waals surface area contributed by atoms with Gasteiger partial charge in [-0.1, -0.05) is 17.7 Å². The van der Waals surface area contributed by atoms with E-state index in [1.165, 1.54) is 16.4 Å². The quantitative estimate of drug-likeness (QED) is 0.621. The van der Waals surface area contributed by atoms with Crippen molar-refractivity contribution in [3.8, 4) is 0 Å². The van der Waals surface area contributed by atoms with Gasteiger partial charge in [0.2, 0.25) is 10.0 Å². The number of nitrogens with zero attached hydrogens (tertiary/aromatic N) is 2. The van der Waals surface area contributed by atoms with Crippen LogP contribution in [-0.4, -0.2) is 53.2 Å². The lowest BCUT2D eigenvalue weighted by molar-refractivity contribution is -0.122. The zero-order valence-electron chi connectivity index (χ0n) is 14.8. The number of hydrogen-bond acceptors (Lipinski definition) is 5. The van der Waals surface area contributed by atoms with Gasteiger partial charge in [-0.15, -0.1) is 0 Å². The van der Waals surface area contributed by atoms with Crippen LogP contribution in [0.1, 0.15) is 27.3 Å². The summed E-state index contributed by atoms with van der Waals surface area (Å²) in [7, 11) is -3.31. The van der Waals surface area contributed by atoms with E-state index in [1.807, 2.05) is 0 Å². The van der Waals surface area contributed by atoms with Gasteiger partial charge in [0.1, 0.15) is 5.82 Å². The number of amides is 1. The number of carboxylic acid groups (broad SMARTS) is 1. The summed E-state index contributed by atoms with van der Waals surface area (Å²) in [6.45, 7) is 0.111. The number of hydrogen-bond donors (Lipinski definition) is 3. The molecule has 1 amide bonds. The number of H-pyrrole nitrogens is 1. The molecule has 2 heterocycles. The van der Waals surface area contributed by atoms with Crippen LogP contribution < -0.4 is 5.32 Å². The molecule has 1 aromatic carbocycles. The zero-order chi connectivity index (χ0) is 20.9. The first-order chi connectivity index (χ1) is 13.2. The lowest BCUT2D eigenvalue weighted by atomic mass is 10.1. The van der Waals surface area contributed by atoms with E-state index in [1.54, 1.807) is 6.07 Å². The van der Waals surface area contributed by atoms with Gasteiger partial charge in [-0.25, -0.2) is 12.8 Å². The van der Waals surface area contributed by atoms with E-state index in [4.69, 9.17) is 21.5 Å². The number of fused-ring (bicyclic) bond motifs is 1. The molecule has 0 saturated heterocycles. The molecule has 1 aliphatic rings. The Labute approximate surface area is 165 Å². The summed E-state index contributed by atoms with van der Waals surface area (Å²) in [5.41, 5.74) is 1.66. The predicted octanol–water partition coefficient (Wildman–Crippen LogP) is 1.15. The molecule has 0 radical (unpaired) electrons. The Bertz CT molecular complexity index is 959. The van der Waals surface area contributed by atoms with E-state index in [-0.39, 0.29) is 42.4 Å². The minimum atomic E-state index is -3.31. The Kier molecular flexibility index (Phi) is 7.11. The zero-order valence-corrected chi connectivity index (χ0v) is 16.3. The van der Waals surface area contributed by atoms with E-state index >= 15 is 0 Å². The molecule has 9 nitrogen and oxygen atoms in total. The molecule has 1 aromatic heterocycles. The Hall–Kier alpha value is -2.50. The van der Waals surface area contributed by atoms with Crippen LogP contribution in [0.15, 0.2) is 18.2 Å². The molecule has 0 atom stereocenters. The first-order valence-corrected chi connectivity index (χ1v) is 10.2. The van der Waals surface area contributed by atoms with Crippen molar-refractivity contribution in [2.45, 2.75) is 19.5 Å². The molecular weight excluding hydrogens is 415 g/mol. The maximum Gasteiger partial charge on any atom is 0.290 e. The van der Waals surface area contributed by atoms with Crippen LogP contribution in [0.4, 0.5) is 4.39 Å². The average molecular weight is 433 g/mol. The van der Waals surface area contributed by atoms with Gasteiger partial charge in [0.05, 0.1) is 18.5 Å². The number of aromatic amines is 1. The van der Waals surface area contributed by atoms with Gasteiger partial charge in [-0.2, -0.15) is 9.40 Å². The van der Waals surface area contributed by atoms with Gasteiger partial charge in [-0.3, -0.25) is 14.7 Å². The lowest BCUT2D eigenvalue weighted by Gasteiger charge is -2.24. The molecule has 1 aliphatic heterocycles. The second kappa shape index (κ2) is 9.13. The van der Waals surface area contributed by atoms with Crippen LogP contribution in [0.5, 0.6) is 0 Å². The van der Waals surface area contributed by atoms with E-state index in [0.717, 1.165) is 6.26 Å². The molecule has 152 valence electrons. The van der Waals surface area contributed by atoms with Crippen LogP contribution >= 0.6 is 11.6 Å². The van der Waals surface area contributed by atoms with Crippen LogP contribution in [-0.2, 0) is 34.3 Å². The third kappa shape index (κ3) is 5.06. The number of carbonyl (C=O) groups is 2. The van der Waals surface area contributed by atoms with Crippen molar-refractivity contribution in [2.75, 3.05) is 12.8 Å². The van der Waals surface area contributed by atoms with Crippen LogP contribution in [0, 0.1) is 5.82 Å². The third-order valence-corrected chi connectivity index (χ3v) is 5.67. The summed E-state index contributed by atoms with van der Waals surface area (Å²) in [5.74, 6) is -0.967. The highest BCUT2D eigenvalue weighted by Gasteiger charge is 2.29. The number of aromatic nitrogens is 2. The first kappa shape index (κ1) is 21.8.